The summed E-state index contributed by atoms with van der Waals surface area (Å²) in [6.45, 7) is 2.74. The first-order valence-electron chi connectivity index (χ1n) is 10.3. The quantitative estimate of drug-likeness (QED) is 0.699. The number of hydrogen-bond donors (Lipinski definition) is 1. The lowest BCUT2D eigenvalue weighted by molar-refractivity contribution is -0.127. The van der Waals surface area contributed by atoms with Gasteiger partial charge in [0, 0.05) is 19.7 Å². The molecular weight excluding hydrogens is 384 g/mol. The van der Waals surface area contributed by atoms with Crippen LogP contribution >= 0.6 is 11.3 Å². The van der Waals surface area contributed by atoms with Gasteiger partial charge in [0.15, 0.2) is 0 Å². The third-order valence-electron chi connectivity index (χ3n) is 5.43. The maximum Gasteiger partial charge on any atom is 0.264 e. The van der Waals surface area contributed by atoms with Crippen molar-refractivity contribution in [2.45, 2.75) is 51.1 Å². The fraction of sp³-hybridized carbons (Fsp3) is 0.478. The van der Waals surface area contributed by atoms with Gasteiger partial charge >= 0.3 is 0 Å². The summed E-state index contributed by atoms with van der Waals surface area (Å²) in [6.07, 6.45) is 5.51. The Kier molecular flexibility index (Phi) is 7.83. The maximum absolute atomic E-state index is 13.4. The Hall–Kier alpha value is -2.18. The average molecular weight is 415 g/mol. The largest absolute Gasteiger partial charge is 0.383 e. The second-order valence-corrected chi connectivity index (χ2v) is 8.57. The lowest BCUT2D eigenvalue weighted by Gasteiger charge is -2.33. The van der Waals surface area contributed by atoms with Gasteiger partial charge < -0.3 is 15.0 Å². The van der Waals surface area contributed by atoms with Gasteiger partial charge in [0.05, 0.1) is 11.5 Å². The molecule has 0 bridgehead atoms. The van der Waals surface area contributed by atoms with Crippen molar-refractivity contribution in [2.24, 2.45) is 0 Å². The van der Waals surface area contributed by atoms with Crippen LogP contribution in [0.4, 0.5) is 0 Å². The molecule has 0 aliphatic heterocycles. The molecule has 1 aliphatic carbocycles. The van der Waals surface area contributed by atoms with Crippen LogP contribution in [0.1, 0.15) is 58.9 Å². The summed E-state index contributed by atoms with van der Waals surface area (Å²) in [6, 6.07) is 11.0. The van der Waals surface area contributed by atoms with E-state index in [0.717, 1.165) is 36.8 Å². The number of carbonyl (C=O) groups excluding carboxylic acids is 2. The van der Waals surface area contributed by atoms with Gasteiger partial charge in [0.2, 0.25) is 5.91 Å². The second-order valence-electron chi connectivity index (χ2n) is 7.63. The van der Waals surface area contributed by atoms with E-state index in [1.807, 2.05) is 42.6 Å². The van der Waals surface area contributed by atoms with E-state index in [-0.39, 0.29) is 17.9 Å². The van der Waals surface area contributed by atoms with Crippen LogP contribution in [0.2, 0.25) is 0 Å². The van der Waals surface area contributed by atoms with Crippen LogP contribution in [0.5, 0.6) is 0 Å². The van der Waals surface area contributed by atoms with Crippen molar-refractivity contribution < 1.29 is 14.3 Å². The average Bonchev–Trinajstić information content (AvgIpc) is 3.27. The molecule has 0 unspecified atom stereocenters. The van der Waals surface area contributed by atoms with Gasteiger partial charge in [0.1, 0.15) is 6.04 Å². The normalized spacial score (nSPS) is 15.7. The van der Waals surface area contributed by atoms with Crippen molar-refractivity contribution in [3.63, 3.8) is 0 Å². The SMILES string of the molecule is COCCN(C(=O)c1cccs1)[C@H](C(=O)NC1CCCCC1)c1ccc(C)cc1. The van der Waals surface area contributed by atoms with Crippen molar-refractivity contribution in [2.75, 3.05) is 20.3 Å². The molecule has 2 amide bonds. The topological polar surface area (TPSA) is 58.6 Å². The third-order valence-corrected chi connectivity index (χ3v) is 6.29. The molecule has 0 spiro atoms. The molecule has 1 N–H and O–H groups in total. The zero-order valence-electron chi connectivity index (χ0n) is 17.2. The van der Waals surface area contributed by atoms with Crippen molar-refractivity contribution in [1.82, 2.24) is 10.2 Å². The smallest absolute Gasteiger partial charge is 0.264 e. The Balaban J connectivity index is 1.92. The summed E-state index contributed by atoms with van der Waals surface area (Å²) in [7, 11) is 1.61. The predicted octanol–water partition coefficient (Wildman–Crippen LogP) is 4.34. The molecule has 0 saturated heterocycles. The van der Waals surface area contributed by atoms with Crippen molar-refractivity contribution in [3.05, 3.63) is 57.8 Å². The van der Waals surface area contributed by atoms with Gasteiger partial charge in [-0.05, 0) is 36.8 Å². The number of rotatable bonds is 8. The summed E-state index contributed by atoms with van der Waals surface area (Å²) in [5.41, 5.74) is 1.94. The molecule has 1 saturated carbocycles. The molecule has 156 valence electrons. The van der Waals surface area contributed by atoms with E-state index in [4.69, 9.17) is 4.74 Å². The summed E-state index contributed by atoms with van der Waals surface area (Å²) in [4.78, 5) is 29.0. The maximum atomic E-state index is 13.4. The summed E-state index contributed by atoms with van der Waals surface area (Å²) in [5, 5.41) is 5.10. The van der Waals surface area contributed by atoms with E-state index in [0.29, 0.717) is 18.0 Å². The minimum Gasteiger partial charge on any atom is -0.383 e. The highest BCUT2D eigenvalue weighted by atomic mass is 32.1. The molecular formula is C23H30N2O3S. The highest BCUT2D eigenvalue weighted by molar-refractivity contribution is 7.12. The number of hydrogen-bond acceptors (Lipinski definition) is 4. The van der Waals surface area contributed by atoms with E-state index in [1.54, 1.807) is 18.1 Å². The van der Waals surface area contributed by atoms with Crippen molar-refractivity contribution in [1.29, 1.82) is 0 Å². The van der Waals surface area contributed by atoms with E-state index < -0.39 is 6.04 Å². The van der Waals surface area contributed by atoms with Crippen LogP contribution < -0.4 is 5.32 Å². The fourth-order valence-corrected chi connectivity index (χ4v) is 4.51. The number of thiophene rings is 1. The van der Waals surface area contributed by atoms with Gasteiger partial charge in [-0.3, -0.25) is 9.59 Å². The zero-order chi connectivity index (χ0) is 20.6. The number of benzene rings is 1. The van der Waals surface area contributed by atoms with E-state index >= 15 is 0 Å². The van der Waals surface area contributed by atoms with Crippen LogP contribution in [0, 0.1) is 6.92 Å². The minimum atomic E-state index is -0.678. The Morgan fingerprint density at radius 3 is 2.52 bits per heavy atom. The molecule has 5 nitrogen and oxygen atoms in total. The molecule has 29 heavy (non-hydrogen) atoms. The van der Waals surface area contributed by atoms with Crippen LogP contribution in [-0.4, -0.2) is 43.0 Å². The van der Waals surface area contributed by atoms with Crippen LogP contribution in [0.25, 0.3) is 0 Å². The Morgan fingerprint density at radius 2 is 1.90 bits per heavy atom. The Morgan fingerprint density at radius 1 is 1.17 bits per heavy atom. The number of nitrogens with zero attached hydrogens (tertiary/aromatic N) is 1. The van der Waals surface area contributed by atoms with Crippen molar-refractivity contribution in [3.8, 4) is 0 Å². The Bertz CT molecular complexity index is 783. The molecule has 6 heteroatoms. The van der Waals surface area contributed by atoms with Gasteiger partial charge in [0.25, 0.3) is 5.91 Å². The molecule has 3 rings (SSSR count). The lowest BCUT2D eigenvalue weighted by atomic mass is 9.94. The summed E-state index contributed by atoms with van der Waals surface area (Å²) < 4.78 is 5.25. The molecule has 1 aromatic carbocycles. The molecule has 1 atom stereocenters. The molecule has 1 aromatic heterocycles. The van der Waals surface area contributed by atoms with Crippen LogP contribution in [0.3, 0.4) is 0 Å². The third kappa shape index (κ3) is 5.67. The number of amides is 2. The minimum absolute atomic E-state index is 0.109. The summed E-state index contributed by atoms with van der Waals surface area (Å²) >= 11 is 1.39. The number of carbonyl (C=O) groups is 2. The fourth-order valence-electron chi connectivity index (χ4n) is 3.83. The van der Waals surface area contributed by atoms with Crippen molar-refractivity contribution >= 4 is 23.2 Å². The van der Waals surface area contributed by atoms with Gasteiger partial charge in [-0.25, -0.2) is 0 Å². The first-order valence-corrected chi connectivity index (χ1v) is 11.2. The number of aryl methyl sites for hydroxylation is 1. The van der Waals surface area contributed by atoms with E-state index in [9.17, 15) is 9.59 Å². The lowest BCUT2D eigenvalue weighted by Crippen LogP contribution is -2.47. The standard InChI is InChI=1S/C23H30N2O3S/c1-17-10-12-18(13-11-17)21(22(26)24-19-7-4-3-5-8-19)25(14-15-28-2)23(27)20-9-6-16-29-20/h6,9-13,16,19,21H,3-5,7-8,14-15H2,1-2H3,(H,24,26)/t21-/m0/s1. The molecule has 0 radical (unpaired) electrons. The summed E-state index contributed by atoms with van der Waals surface area (Å²) in [5.74, 6) is -0.247. The molecule has 1 aliphatic rings. The van der Waals surface area contributed by atoms with E-state index in [2.05, 4.69) is 5.32 Å². The highest BCUT2D eigenvalue weighted by Gasteiger charge is 2.33. The first kappa shape index (κ1) is 21.5. The molecule has 2 aromatic rings. The highest BCUT2D eigenvalue weighted by Crippen LogP contribution is 2.26. The monoisotopic (exact) mass is 414 g/mol. The van der Waals surface area contributed by atoms with Gasteiger partial charge in [-0.2, -0.15) is 0 Å². The Labute approximate surface area is 177 Å². The zero-order valence-corrected chi connectivity index (χ0v) is 18.0. The number of ether oxygens (including phenoxy) is 1. The second kappa shape index (κ2) is 10.6. The van der Waals surface area contributed by atoms with E-state index in [1.165, 1.54) is 17.8 Å². The predicted molar refractivity (Wildman–Crippen MR) is 116 cm³/mol. The number of nitrogens with one attached hydrogen (secondary N) is 1. The van der Waals surface area contributed by atoms with Gasteiger partial charge in [-0.15, -0.1) is 11.3 Å². The molecule has 1 heterocycles. The molecule has 1 fully saturated rings. The number of methoxy groups -OCH3 is 1. The van der Waals surface area contributed by atoms with Gasteiger partial charge in [-0.1, -0.05) is 55.2 Å². The first-order chi connectivity index (χ1) is 14.1. The van der Waals surface area contributed by atoms with Crippen LogP contribution in [-0.2, 0) is 9.53 Å². The van der Waals surface area contributed by atoms with Crippen LogP contribution in [0.15, 0.2) is 41.8 Å².